The molecular weight excluding hydrogens is 432 g/mol. The summed E-state index contributed by atoms with van der Waals surface area (Å²) in [6.07, 6.45) is 1.16. The van der Waals surface area contributed by atoms with Crippen molar-refractivity contribution in [2.75, 3.05) is 0 Å². The lowest BCUT2D eigenvalue weighted by molar-refractivity contribution is -0.116. The van der Waals surface area contributed by atoms with Gasteiger partial charge in [-0.3, -0.25) is 0 Å². The molecular formula is C27H17ClN4O. The van der Waals surface area contributed by atoms with E-state index in [1.165, 1.54) is 0 Å². The number of hydrogen-bond acceptors (Lipinski definition) is 4. The van der Waals surface area contributed by atoms with E-state index in [-0.39, 0.29) is 5.78 Å². The van der Waals surface area contributed by atoms with Crippen molar-refractivity contribution >= 4 is 50.0 Å². The van der Waals surface area contributed by atoms with Crippen LogP contribution in [0.2, 0.25) is 5.02 Å². The summed E-state index contributed by atoms with van der Waals surface area (Å²) in [5.74, 6) is 0.629. The Morgan fingerprint density at radius 3 is 2.36 bits per heavy atom. The zero-order chi connectivity index (χ0) is 23.1. The Balaban J connectivity index is 1.85. The number of imidazole rings is 1. The van der Waals surface area contributed by atoms with Crippen LogP contribution in [0, 0.1) is 22.7 Å². The molecule has 158 valence electrons. The van der Waals surface area contributed by atoms with Crippen LogP contribution in [0.5, 0.6) is 0 Å². The molecule has 0 aliphatic heterocycles. The minimum atomic E-state index is 0.154. The second kappa shape index (κ2) is 8.06. The van der Waals surface area contributed by atoms with Crippen LogP contribution in [0.4, 0.5) is 0 Å². The number of rotatable bonds is 4. The average molecular weight is 449 g/mol. The van der Waals surface area contributed by atoms with E-state index in [2.05, 4.69) is 23.2 Å². The van der Waals surface area contributed by atoms with Gasteiger partial charge in [-0.2, -0.15) is 10.5 Å². The number of aromatic amines is 1. The molecule has 1 N–H and O–H groups in total. The van der Waals surface area contributed by atoms with Crippen LogP contribution in [0.3, 0.4) is 0 Å². The fourth-order valence-corrected chi connectivity index (χ4v) is 4.50. The van der Waals surface area contributed by atoms with Crippen LogP contribution in [-0.4, -0.2) is 15.8 Å². The standard InChI is InChI=1S/C27H17ClN4O/c1-15(33)5-6-16-7-9-20-22(11-16)23-12-19(28)8-10-21(23)26-25(20)31-27(32-26)24-17(13-29)3-2-4-18(24)14-30/h2-4,7-12H,5-6H2,1H3,(H,31,32). The van der Waals surface area contributed by atoms with Gasteiger partial charge in [-0.05, 0) is 53.9 Å². The van der Waals surface area contributed by atoms with Crippen LogP contribution < -0.4 is 0 Å². The summed E-state index contributed by atoms with van der Waals surface area (Å²) in [6.45, 7) is 1.60. The first kappa shape index (κ1) is 20.7. The number of Topliss-reactive ketones (excluding diaryl/α,β-unsaturated/α-hetero) is 1. The van der Waals surface area contributed by atoms with E-state index in [9.17, 15) is 15.3 Å². The summed E-state index contributed by atoms with van der Waals surface area (Å²) in [7, 11) is 0. The first-order chi connectivity index (χ1) is 16.0. The molecule has 0 bridgehead atoms. The molecule has 1 heterocycles. The number of fused-ring (bicyclic) bond motifs is 6. The van der Waals surface area contributed by atoms with E-state index in [1.54, 1.807) is 25.1 Å². The molecule has 0 amide bonds. The summed E-state index contributed by atoms with van der Waals surface area (Å²) in [6, 6.07) is 21.2. The molecule has 0 atom stereocenters. The summed E-state index contributed by atoms with van der Waals surface area (Å²) in [5, 5.41) is 23.7. The lowest BCUT2D eigenvalue weighted by Crippen LogP contribution is -1.94. The van der Waals surface area contributed by atoms with Crippen LogP contribution in [0.1, 0.15) is 30.0 Å². The lowest BCUT2D eigenvalue weighted by atomic mass is 9.96. The van der Waals surface area contributed by atoms with Gasteiger partial charge in [0.05, 0.1) is 39.9 Å². The van der Waals surface area contributed by atoms with Gasteiger partial charge in [0.15, 0.2) is 0 Å². The number of ketones is 1. The molecule has 33 heavy (non-hydrogen) atoms. The third-order valence-corrected chi connectivity index (χ3v) is 6.13. The van der Waals surface area contributed by atoms with Crippen molar-refractivity contribution in [2.24, 2.45) is 0 Å². The molecule has 5 rings (SSSR count). The highest BCUT2D eigenvalue weighted by Gasteiger charge is 2.18. The van der Waals surface area contributed by atoms with E-state index in [0.29, 0.717) is 40.4 Å². The summed E-state index contributed by atoms with van der Waals surface area (Å²) < 4.78 is 0. The summed E-state index contributed by atoms with van der Waals surface area (Å²) in [5.41, 5.74) is 3.90. The largest absolute Gasteiger partial charge is 0.337 e. The van der Waals surface area contributed by atoms with E-state index < -0.39 is 0 Å². The number of nitrogens with zero attached hydrogens (tertiary/aromatic N) is 3. The van der Waals surface area contributed by atoms with Gasteiger partial charge in [0.2, 0.25) is 0 Å². The molecule has 0 saturated carbocycles. The highest BCUT2D eigenvalue weighted by Crippen LogP contribution is 2.38. The predicted molar refractivity (Wildman–Crippen MR) is 130 cm³/mol. The second-order valence-electron chi connectivity index (χ2n) is 8.03. The van der Waals surface area contributed by atoms with Gasteiger partial charge in [0.25, 0.3) is 0 Å². The second-order valence-corrected chi connectivity index (χ2v) is 8.47. The highest BCUT2D eigenvalue weighted by molar-refractivity contribution is 6.33. The molecule has 0 radical (unpaired) electrons. The Hall–Kier alpha value is -4.19. The van der Waals surface area contributed by atoms with Crippen molar-refractivity contribution in [1.82, 2.24) is 9.97 Å². The predicted octanol–water partition coefficient (Wildman–Crippen LogP) is 6.45. The van der Waals surface area contributed by atoms with Crippen LogP contribution in [0.15, 0.2) is 54.6 Å². The number of benzene rings is 4. The number of H-pyrrole nitrogens is 1. The summed E-state index contributed by atoms with van der Waals surface area (Å²) >= 11 is 6.35. The van der Waals surface area contributed by atoms with Crippen LogP contribution >= 0.6 is 11.6 Å². The monoisotopic (exact) mass is 448 g/mol. The summed E-state index contributed by atoms with van der Waals surface area (Å²) in [4.78, 5) is 19.7. The molecule has 0 spiro atoms. The minimum absolute atomic E-state index is 0.154. The van der Waals surface area contributed by atoms with Crippen LogP contribution in [-0.2, 0) is 11.2 Å². The van der Waals surface area contributed by atoms with E-state index >= 15 is 0 Å². The van der Waals surface area contributed by atoms with Gasteiger partial charge in [-0.25, -0.2) is 4.98 Å². The smallest absolute Gasteiger partial charge is 0.141 e. The molecule has 0 aliphatic carbocycles. The van der Waals surface area contributed by atoms with Crippen LogP contribution in [0.25, 0.3) is 44.0 Å². The number of aromatic nitrogens is 2. The number of hydrogen-bond donors (Lipinski definition) is 1. The molecule has 1 aromatic heterocycles. The lowest BCUT2D eigenvalue weighted by Gasteiger charge is -2.09. The van der Waals surface area contributed by atoms with Crippen molar-refractivity contribution in [3.63, 3.8) is 0 Å². The maximum atomic E-state index is 11.5. The first-order valence-electron chi connectivity index (χ1n) is 10.5. The van der Waals surface area contributed by atoms with Gasteiger partial charge in [0.1, 0.15) is 11.6 Å². The molecule has 0 saturated heterocycles. The zero-order valence-corrected chi connectivity index (χ0v) is 18.5. The van der Waals surface area contributed by atoms with Gasteiger partial charge < -0.3 is 9.78 Å². The third-order valence-electron chi connectivity index (χ3n) is 5.89. The number of aryl methyl sites for hydroxylation is 1. The number of nitriles is 2. The van der Waals surface area contributed by atoms with Crippen molar-refractivity contribution in [3.8, 4) is 23.5 Å². The van der Waals surface area contributed by atoms with Crippen molar-refractivity contribution < 1.29 is 4.79 Å². The SMILES string of the molecule is CC(=O)CCc1ccc2c(c1)c1cc(Cl)ccc1c1nc(-c3c(C#N)cccc3C#N)[nH]c21. The third kappa shape index (κ3) is 3.49. The topological polar surface area (TPSA) is 93.3 Å². The Labute approximate surface area is 194 Å². The Morgan fingerprint density at radius 2 is 1.67 bits per heavy atom. The zero-order valence-electron chi connectivity index (χ0n) is 17.7. The highest BCUT2D eigenvalue weighted by atomic mass is 35.5. The number of nitrogens with one attached hydrogen (secondary N) is 1. The van der Waals surface area contributed by atoms with E-state index in [4.69, 9.17) is 16.6 Å². The van der Waals surface area contributed by atoms with Gasteiger partial charge in [-0.1, -0.05) is 41.9 Å². The average Bonchev–Trinajstić information content (AvgIpc) is 3.27. The normalized spacial score (nSPS) is 11.0. The van der Waals surface area contributed by atoms with Crippen molar-refractivity contribution in [1.29, 1.82) is 10.5 Å². The number of carbonyl (C=O) groups is 1. The molecule has 5 aromatic rings. The fraction of sp³-hybridized carbons (Fsp3) is 0.111. The fourth-order valence-electron chi connectivity index (χ4n) is 4.33. The van der Waals surface area contributed by atoms with Crippen molar-refractivity contribution in [2.45, 2.75) is 19.8 Å². The molecule has 0 fully saturated rings. The molecule has 4 aromatic carbocycles. The Bertz CT molecular complexity index is 1650. The molecule has 0 aliphatic rings. The van der Waals surface area contributed by atoms with Gasteiger partial charge in [-0.15, -0.1) is 0 Å². The quantitative estimate of drug-likeness (QED) is 0.319. The van der Waals surface area contributed by atoms with E-state index in [0.717, 1.165) is 38.1 Å². The maximum Gasteiger partial charge on any atom is 0.141 e. The molecule has 0 unspecified atom stereocenters. The number of halogens is 1. The minimum Gasteiger partial charge on any atom is -0.337 e. The molecule has 6 heteroatoms. The maximum absolute atomic E-state index is 11.5. The Kier molecular flexibility index (Phi) is 5.05. The van der Waals surface area contributed by atoms with Gasteiger partial charge >= 0.3 is 0 Å². The van der Waals surface area contributed by atoms with Crippen molar-refractivity contribution in [3.05, 3.63) is 76.3 Å². The number of carbonyl (C=O) groups excluding carboxylic acids is 1. The molecule has 5 nitrogen and oxygen atoms in total. The van der Waals surface area contributed by atoms with E-state index in [1.807, 2.05) is 30.3 Å². The first-order valence-corrected chi connectivity index (χ1v) is 10.8. The van der Waals surface area contributed by atoms with Gasteiger partial charge in [0, 0.05) is 22.2 Å². The Morgan fingerprint density at radius 1 is 0.970 bits per heavy atom.